The summed E-state index contributed by atoms with van der Waals surface area (Å²) in [5, 5.41) is 0. The SMILES string of the molecule is CCC(C)(C)C(=O)OC(F)(C(F)F)C(F)(F)C(F)(F)C(F)(F)C(F)F. The highest BCUT2D eigenvalue weighted by atomic mass is 19.4. The predicted octanol–water partition coefficient (Wildman–Crippen LogP) is 5.07. The molecule has 25 heavy (non-hydrogen) atoms. The molecular formula is C12H13F11O2. The molecule has 0 bridgehead atoms. The zero-order valence-electron chi connectivity index (χ0n) is 12.8. The minimum Gasteiger partial charge on any atom is -0.417 e. The highest BCUT2D eigenvalue weighted by molar-refractivity contribution is 5.76. The molecule has 0 aromatic heterocycles. The Morgan fingerprint density at radius 3 is 1.52 bits per heavy atom. The van der Waals surface area contributed by atoms with Crippen LogP contribution >= 0.6 is 0 Å². The Balaban J connectivity index is 6.20. The fraction of sp³-hybridized carbons (Fsp3) is 0.917. The predicted molar refractivity (Wildman–Crippen MR) is 60.9 cm³/mol. The first-order chi connectivity index (χ1) is 10.8. The molecule has 0 saturated heterocycles. The molecule has 0 fully saturated rings. The lowest BCUT2D eigenvalue weighted by Gasteiger charge is -2.40. The van der Waals surface area contributed by atoms with E-state index in [0.717, 1.165) is 13.8 Å². The van der Waals surface area contributed by atoms with Crippen LogP contribution in [0.15, 0.2) is 0 Å². The summed E-state index contributed by atoms with van der Waals surface area (Å²) in [5.74, 6) is -29.9. The van der Waals surface area contributed by atoms with Crippen molar-refractivity contribution in [3.05, 3.63) is 0 Å². The second kappa shape index (κ2) is 6.78. The average Bonchev–Trinajstić information content (AvgIpc) is 2.45. The highest BCUT2D eigenvalue weighted by Crippen LogP contribution is 2.56. The van der Waals surface area contributed by atoms with E-state index in [9.17, 15) is 53.1 Å². The normalized spacial score (nSPS) is 17.0. The fourth-order valence-electron chi connectivity index (χ4n) is 1.22. The lowest BCUT2D eigenvalue weighted by atomic mass is 9.90. The number of ether oxygens (including phenoxy) is 1. The van der Waals surface area contributed by atoms with Crippen LogP contribution in [-0.4, -0.2) is 42.4 Å². The minimum atomic E-state index is -7.31. The van der Waals surface area contributed by atoms with Crippen molar-refractivity contribution in [3.8, 4) is 0 Å². The number of carbonyl (C=O) groups is 1. The van der Waals surface area contributed by atoms with Crippen molar-refractivity contribution in [2.45, 2.75) is 63.7 Å². The average molecular weight is 398 g/mol. The maximum Gasteiger partial charge on any atom is 0.390 e. The summed E-state index contributed by atoms with van der Waals surface area (Å²) in [4.78, 5) is 11.5. The van der Waals surface area contributed by atoms with Crippen LogP contribution in [0, 0.1) is 5.41 Å². The Bertz CT molecular complexity index is 489. The van der Waals surface area contributed by atoms with Crippen LogP contribution < -0.4 is 0 Å². The van der Waals surface area contributed by atoms with E-state index in [4.69, 9.17) is 0 Å². The van der Waals surface area contributed by atoms with E-state index in [-0.39, 0.29) is 6.42 Å². The molecule has 0 N–H and O–H groups in total. The van der Waals surface area contributed by atoms with Gasteiger partial charge in [-0.2, -0.15) is 30.7 Å². The van der Waals surface area contributed by atoms with Gasteiger partial charge in [0, 0.05) is 0 Å². The molecule has 0 amide bonds. The molecule has 0 aliphatic rings. The molecule has 0 saturated carbocycles. The standard InChI is InChI=1S/C12H13F11O2/c1-4-8(2,3)7(24)25-10(19,6(15)16)12(22,23)11(20,21)9(17,18)5(13)14/h5-6H,4H2,1-3H3. The number of halogens is 11. The van der Waals surface area contributed by atoms with Crippen molar-refractivity contribution >= 4 is 5.97 Å². The molecule has 13 heteroatoms. The summed E-state index contributed by atoms with van der Waals surface area (Å²) in [6.07, 6.45) is -11.0. The van der Waals surface area contributed by atoms with Gasteiger partial charge in [0.05, 0.1) is 5.41 Å². The minimum absolute atomic E-state index is 0.333. The van der Waals surface area contributed by atoms with Gasteiger partial charge < -0.3 is 4.74 Å². The first kappa shape index (κ1) is 23.7. The van der Waals surface area contributed by atoms with Gasteiger partial charge in [0.25, 0.3) is 0 Å². The van der Waals surface area contributed by atoms with Crippen LogP contribution in [0.3, 0.4) is 0 Å². The zero-order chi connectivity index (χ0) is 20.6. The summed E-state index contributed by atoms with van der Waals surface area (Å²) in [6, 6.07) is 0. The number of rotatable bonds is 8. The van der Waals surface area contributed by atoms with Crippen molar-refractivity contribution in [1.82, 2.24) is 0 Å². The molecule has 0 rings (SSSR count). The van der Waals surface area contributed by atoms with Gasteiger partial charge in [0.15, 0.2) is 0 Å². The van der Waals surface area contributed by atoms with E-state index in [1.165, 1.54) is 6.92 Å². The van der Waals surface area contributed by atoms with Gasteiger partial charge in [-0.05, 0) is 20.3 Å². The van der Waals surface area contributed by atoms with Gasteiger partial charge >= 0.3 is 42.4 Å². The maximum atomic E-state index is 13.9. The Labute approximate surface area is 134 Å². The Hall–Kier alpha value is -1.30. The van der Waals surface area contributed by atoms with E-state index in [1.54, 1.807) is 0 Å². The first-order valence-electron chi connectivity index (χ1n) is 6.45. The van der Waals surface area contributed by atoms with Crippen LogP contribution in [0.4, 0.5) is 48.3 Å². The second-order valence-electron chi connectivity index (χ2n) is 5.65. The quantitative estimate of drug-likeness (QED) is 0.422. The van der Waals surface area contributed by atoms with Gasteiger partial charge in [-0.1, -0.05) is 6.92 Å². The lowest BCUT2D eigenvalue weighted by molar-refractivity contribution is -0.414. The van der Waals surface area contributed by atoms with Crippen LogP contribution in [0.1, 0.15) is 27.2 Å². The number of carbonyl (C=O) groups excluding carboxylic acids is 1. The molecule has 0 radical (unpaired) electrons. The summed E-state index contributed by atoms with van der Waals surface area (Å²) >= 11 is 0. The number of alkyl halides is 11. The van der Waals surface area contributed by atoms with E-state index in [0.29, 0.717) is 0 Å². The van der Waals surface area contributed by atoms with Gasteiger partial charge in [-0.25, -0.2) is 17.6 Å². The molecule has 0 heterocycles. The molecule has 0 aliphatic heterocycles. The number of hydrogen-bond acceptors (Lipinski definition) is 2. The molecule has 2 nitrogen and oxygen atoms in total. The van der Waals surface area contributed by atoms with E-state index in [2.05, 4.69) is 4.74 Å². The van der Waals surface area contributed by atoms with Crippen LogP contribution in [0.2, 0.25) is 0 Å². The van der Waals surface area contributed by atoms with E-state index >= 15 is 0 Å². The molecule has 0 aliphatic carbocycles. The maximum absolute atomic E-state index is 13.9. The number of hydrogen-bond donors (Lipinski definition) is 0. The van der Waals surface area contributed by atoms with Crippen molar-refractivity contribution in [1.29, 1.82) is 0 Å². The van der Waals surface area contributed by atoms with Gasteiger partial charge in [-0.15, -0.1) is 0 Å². The topological polar surface area (TPSA) is 26.3 Å². The molecule has 150 valence electrons. The summed E-state index contributed by atoms with van der Waals surface area (Å²) < 4.78 is 145. The number of esters is 1. The molecule has 1 atom stereocenters. The first-order valence-corrected chi connectivity index (χ1v) is 6.45. The van der Waals surface area contributed by atoms with E-state index < -0.39 is 47.9 Å². The third-order valence-corrected chi connectivity index (χ3v) is 3.47. The largest absolute Gasteiger partial charge is 0.417 e. The van der Waals surface area contributed by atoms with E-state index in [1.807, 2.05) is 0 Å². The van der Waals surface area contributed by atoms with Crippen LogP contribution in [-0.2, 0) is 9.53 Å². The smallest absolute Gasteiger partial charge is 0.390 e. The van der Waals surface area contributed by atoms with Crippen molar-refractivity contribution in [3.63, 3.8) is 0 Å². The summed E-state index contributed by atoms with van der Waals surface area (Å²) in [5.41, 5.74) is -1.94. The second-order valence-corrected chi connectivity index (χ2v) is 5.65. The monoisotopic (exact) mass is 398 g/mol. The molecule has 0 spiro atoms. The molecular weight excluding hydrogens is 385 g/mol. The van der Waals surface area contributed by atoms with Gasteiger partial charge in [0.2, 0.25) is 0 Å². The summed E-state index contributed by atoms with van der Waals surface area (Å²) in [7, 11) is 0. The van der Waals surface area contributed by atoms with Crippen molar-refractivity contribution in [2.24, 2.45) is 5.41 Å². The third-order valence-electron chi connectivity index (χ3n) is 3.47. The summed E-state index contributed by atoms with van der Waals surface area (Å²) in [6.45, 7) is 2.91. The Morgan fingerprint density at radius 2 is 1.24 bits per heavy atom. The van der Waals surface area contributed by atoms with Crippen LogP contribution in [0.5, 0.6) is 0 Å². The van der Waals surface area contributed by atoms with Crippen molar-refractivity contribution < 1.29 is 57.8 Å². The Kier molecular flexibility index (Phi) is 6.43. The Morgan fingerprint density at radius 1 is 0.840 bits per heavy atom. The molecule has 1 unspecified atom stereocenters. The van der Waals surface area contributed by atoms with Gasteiger partial charge in [-0.3, -0.25) is 4.79 Å². The molecule has 0 aromatic rings. The van der Waals surface area contributed by atoms with Crippen molar-refractivity contribution in [2.75, 3.05) is 0 Å². The lowest BCUT2D eigenvalue weighted by Crippen LogP contribution is -2.69. The molecule has 0 aromatic carbocycles. The van der Waals surface area contributed by atoms with Gasteiger partial charge in [0.1, 0.15) is 0 Å². The fourth-order valence-corrected chi connectivity index (χ4v) is 1.22. The highest BCUT2D eigenvalue weighted by Gasteiger charge is 2.85. The third kappa shape index (κ3) is 3.64. The van der Waals surface area contributed by atoms with Crippen LogP contribution in [0.25, 0.3) is 0 Å². The zero-order valence-corrected chi connectivity index (χ0v) is 12.8.